The highest BCUT2D eigenvalue weighted by molar-refractivity contribution is 7.94. The summed E-state index contributed by atoms with van der Waals surface area (Å²) in [4.78, 5) is 14.2. The van der Waals surface area contributed by atoms with E-state index < -0.39 is 27.6 Å². The molecule has 1 amide bonds. The highest BCUT2D eigenvalue weighted by Crippen LogP contribution is 2.28. The number of sulfone groups is 1. The zero-order chi connectivity index (χ0) is 17.3. The lowest BCUT2D eigenvalue weighted by Crippen LogP contribution is -2.41. The summed E-state index contributed by atoms with van der Waals surface area (Å²) in [5.74, 6) is -1.69. The van der Waals surface area contributed by atoms with Crippen LogP contribution < -0.4 is 4.90 Å². The van der Waals surface area contributed by atoms with E-state index in [1.54, 1.807) is 30.3 Å². The Kier molecular flexibility index (Phi) is 4.43. The van der Waals surface area contributed by atoms with Gasteiger partial charge in [-0.05, 0) is 30.3 Å². The molecular formula is C17H13ClFNO3S. The number of nitrogens with zero attached hydrogens (tertiary/aromatic N) is 1. The van der Waals surface area contributed by atoms with Crippen LogP contribution in [-0.2, 0) is 9.84 Å². The van der Waals surface area contributed by atoms with Crippen LogP contribution >= 0.6 is 11.6 Å². The summed E-state index contributed by atoms with van der Waals surface area (Å²) in [6, 6.07) is 11.8. The van der Waals surface area contributed by atoms with Gasteiger partial charge in [0.15, 0.2) is 9.84 Å². The molecule has 0 aromatic heterocycles. The van der Waals surface area contributed by atoms with Gasteiger partial charge in [0, 0.05) is 11.1 Å². The summed E-state index contributed by atoms with van der Waals surface area (Å²) in [7, 11) is -3.39. The SMILES string of the molecule is O=C(c1c(F)cccc1Cl)N(c1ccccc1)[C@@H]1C=CS(=O)(=O)C1. The minimum absolute atomic E-state index is 0.0224. The van der Waals surface area contributed by atoms with E-state index in [2.05, 4.69) is 0 Å². The fraction of sp³-hybridized carbons (Fsp3) is 0.118. The number of carbonyl (C=O) groups excluding carboxylic acids is 1. The molecule has 7 heteroatoms. The van der Waals surface area contributed by atoms with Crippen molar-refractivity contribution in [1.29, 1.82) is 0 Å². The Hall–Kier alpha value is -2.18. The summed E-state index contributed by atoms with van der Waals surface area (Å²) in [5.41, 5.74) is 0.189. The molecule has 2 aromatic carbocycles. The van der Waals surface area contributed by atoms with E-state index in [-0.39, 0.29) is 16.3 Å². The minimum Gasteiger partial charge on any atom is -0.300 e. The molecule has 4 nitrogen and oxygen atoms in total. The lowest BCUT2D eigenvalue weighted by atomic mass is 10.1. The number of hydrogen-bond acceptors (Lipinski definition) is 3. The second-order valence-corrected chi connectivity index (χ2v) is 7.67. The Balaban J connectivity index is 2.09. The van der Waals surface area contributed by atoms with Gasteiger partial charge < -0.3 is 4.90 Å². The molecule has 3 rings (SSSR count). The molecular weight excluding hydrogens is 353 g/mol. The van der Waals surface area contributed by atoms with Crippen LogP contribution in [0.3, 0.4) is 0 Å². The first-order valence-electron chi connectivity index (χ1n) is 7.12. The van der Waals surface area contributed by atoms with Crippen LogP contribution in [0.25, 0.3) is 0 Å². The molecule has 0 saturated heterocycles. The van der Waals surface area contributed by atoms with Gasteiger partial charge in [-0.3, -0.25) is 4.79 Å². The third kappa shape index (κ3) is 3.20. The third-order valence-electron chi connectivity index (χ3n) is 3.67. The number of para-hydroxylation sites is 1. The molecule has 0 radical (unpaired) electrons. The Labute approximate surface area is 144 Å². The van der Waals surface area contributed by atoms with Crippen molar-refractivity contribution >= 4 is 33.0 Å². The van der Waals surface area contributed by atoms with Gasteiger partial charge in [0.2, 0.25) is 0 Å². The number of halogens is 2. The van der Waals surface area contributed by atoms with Crippen molar-refractivity contribution in [2.45, 2.75) is 6.04 Å². The molecule has 0 unspecified atom stereocenters. The fourth-order valence-electron chi connectivity index (χ4n) is 2.59. The van der Waals surface area contributed by atoms with Crippen molar-refractivity contribution in [3.63, 3.8) is 0 Å². The molecule has 0 bridgehead atoms. The molecule has 0 aliphatic carbocycles. The maximum Gasteiger partial charge on any atom is 0.263 e. The van der Waals surface area contributed by atoms with Gasteiger partial charge >= 0.3 is 0 Å². The Bertz CT molecular complexity index is 892. The predicted octanol–water partition coefficient (Wildman–Crippen LogP) is 3.44. The minimum atomic E-state index is -3.39. The molecule has 1 aliphatic heterocycles. The summed E-state index contributed by atoms with van der Waals surface area (Å²) < 4.78 is 37.6. The molecule has 1 aliphatic rings. The van der Waals surface area contributed by atoms with Crippen molar-refractivity contribution in [3.05, 3.63) is 76.4 Å². The zero-order valence-electron chi connectivity index (χ0n) is 12.4. The second-order valence-electron chi connectivity index (χ2n) is 5.33. The molecule has 0 N–H and O–H groups in total. The van der Waals surface area contributed by atoms with Crippen LogP contribution in [0.5, 0.6) is 0 Å². The summed E-state index contributed by atoms with van der Waals surface area (Å²) in [5, 5.41) is 1.05. The van der Waals surface area contributed by atoms with Crippen molar-refractivity contribution in [2.24, 2.45) is 0 Å². The maximum atomic E-state index is 14.1. The molecule has 24 heavy (non-hydrogen) atoms. The highest BCUT2D eigenvalue weighted by Gasteiger charge is 2.33. The van der Waals surface area contributed by atoms with Crippen LogP contribution in [0.2, 0.25) is 5.02 Å². The molecule has 124 valence electrons. The Morgan fingerprint density at radius 1 is 1.12 bits per heavy atom. The first kappa shape index (κ1) is 16.7. The van der Waals surface area contributed by atoms with E-state index in [9.17, 15) is 17.6 Å². The maximum absolute atomic E-state index is 14.1. The van der Waals surface area contributed by atoms with E-state index in [4.69, 9.17) is 11.6 Å². The van der Waals surface area contributed by atoms with Crippen LogP contribution in [0.1, 0.15) is 10.4 Å². The highest BCUT2D eigenvalue weighted by atomic mass is 35.5. The van der Waals surface area contributed by atoms with Crippen LogP contribution in [0, 0.1) is 5.82 Å². The lowest BCUT2D eigenvalue weighted by molar-refractivity contribution is 0.0979. The van der Waals surface area contributed by atoms with Crippen LogP contribution in [0.15, 0.2) is 60.0 Å². The van der Waals surface area contributed by atoms with Crippen molar-refractivity contribution in [3.8, 4) is 0 Å². The standard InChI is InChI=1S/C17H13ClFNO3S/c18-14-7-4-8-15(19)16(14)17(21)20(12-5-2-1-3-6-12)13-9-10-24(22,23)11-13/h1-10,13H,11H2/t13-/m1/s1. The smallest absolute Gasteiger partial charge is 0.263 e. The second kappa shape index (κ2) is 6.37. The normalized spacial score (nSPS) is 18.5. The molecule has 1 heterocycles. The lowest BCUT2D eigenvalue weighted by Gasteiger charge is -2.28. The zero-order valence-corrected chi connectivity index (χ0v) is 14.0. The monoisotopic (exact) mass is 365 g/mol. The third-order valence-corrected chi connectivity index (χ3v) is 5.37. The van der Waals surface area contributed by atoms with Crippen molar-refractivity contribution in [2.75, 3.05) is 10.7 Å². The van der Waals surface area contributed by atoms with E-state index in [1.807, 2.05) is 0 Å². The Morgan fingerprint density at radius 2 is 1.83 bits per heavy atom. The van der Waals surface area contributed by atoms with Crippen LogP contribution in [0.4, 0.5) is 10.1 Å². The predicted molar refractivity (Wildman–Crippen MR) is 91.4 cm³/mol. The largest absolute Gasteiger partial charge is 0.300 e. The first-order valence-corrected chi connectivity index (χ1v) is 9.22. The van der Waals surface area contributed by atoms with E-state index >= 15 is 0 Å². The molecule has 2 aromatic rings. The number of carbonyl (C=O) groups is 1. The van der Waals surface area contributed by atoms with E-state index in [0.29, 0.717) is 5.69 Å². The quantitative estimate of drug-likeness (QED) is 0.837. The molecule has 0 fully saturated rings. The van der Waals surface area contributed by atoms with Crippen molar-refractivity contribution < 1.29 is 17.6 Å². The molecule has 0 saturated carbocycles. The van der Waals surface area contributed by atoms with Crippen molar-refractivity contribution in [1.82, 2.24) is 0 Å². The van der Waals surface area contributed by atoms with Gasteiger partial charge in [0.05, 0.1) is 22.4 Å². The van der Waals surface area contributed by atoms with Crippen LogP contribution in [-0.4, -0.2) is 26.1 Å². The van der Waals surface area contributed by atoms with Gasteiger partial charge in [-0.2, -0.15) is 0 Å². The van der Waals surface area contributed by atoms with Gasteiger partial charge in [-0.25, -0.2) is 12.8 Å². The average molecular weight is 366 g/mol. The van der Waals surface area contributed by atoms with E-state index in [0.717, 1.165) is 11.5 Å². The topological polar surface area (TPSA) is 54.5 Å². The Morgan fingerprint density at radius 3 is 2.42 bits per heavy atom. The molecule has 1 atom stereocenters. The summed E-state index contributed by atoms with van der Waals surface area (Å²) in [6.07, 6.45) is 1.43. The first-order chi connectivity index (χ1) is 11.4. The summed E-state index contributed by atoms with van der Waals surface area (Å²) >= 11 is 5.99. The number of amides is 1. The number of hydrogen-bond donors (Lipinski definition) is 0. The number of rotatable bonds is 3. The van der Waals surface area contributed by atoms with Gasteiger partial charge in [-0.1, -0.05) is 35.9 Å². The van der Waals surface area contributed by atoms with E-state index in [1.165, 1.54) is 23.1 Å². The van der Waals surface area contributed by atoms with Gasteiger partial charge in [0.25, 0.3) is 5.91 Å². The van der Waals surface area contributed by atoms with Gasteiger partial charge in [0.1, 0.15) is 5.82 Å². The fourth-order valence-corrected chi connectivity index (χ4v) is 4.10. The number of anilines is 1. The summed E-state index contributed by atoms with van der Waals surface area (Å²) in [6.45, 7) is 0. The molecule has 0 spiro atoms. The van der Waals surface area contributed by atoms with Gasteiger partial charge in [-0.15, -0.1) is 0 Å². The number of benzene rings is 2. The average Bonchev–Trinajstić information content (AvgIpc) is 2.88.